The van der Waals surface area contributed by atoms with Crippen LogP contribution in [0.5, 0.6) is 0 Å². The van der Waals surface area contributed by atoms with Crippen LogP contribution < -0.4 is 60.3 Å². The predicted octanol–water partition coefficient (Wildman–Crippen LogP) is -16.9. The summed E-state index contributed by atoms with van der Waals surface area (Å²) in [5, 5.41) is 101. The van der Waals surface area contributed by atoms with Crippen LogP contribution in [0.25, 0.3) is 0 Å². The third kappa shape index (κ3) is 809. The van der Waals surface area contributed by atoms with Crippen molar-refractivity contribution in [2.45, 2.75) is 0 Å². The molecule has 22 heavy (non-hydrogen) atoms. The van der Waals surface area contributed by atoms with Gasteiger partial charge in [0.15, 0.2) is 0 Å². The second-order valence-electron chi connectivity index (χ2n) is 1.15. The third-order valence-corrected chi connectivity index (χ3v) is 0. The van der Waals surface area contributed by atoms with Gasteiger partial charge in [0.25, 0.3) is 0 Å². The normalized spacial score (nSPS) is 4.91. The average Bonchev–Trinajstić information content (AvgIpc) is 1.76. The molecule has 0 aromatic heterocycles. The molecule has 0 saturated heterocycles. The predicted molar refractivity (Wildman–Crippen MR) is 40.3 cm³/mol. The molecular weight excluding hydrogens is 504 g/mol. The summed E-state index contributed by atoms with van der Waals surface area (Å²) in [6.45, 7) is 0. The van der Waals surface area contributed by atoms with Crippen molar-refractivity contribution in [2.24, 2.45) is 0 Å². The van der Waals surface area contributed by atoms with Gasteiger partial charge in [-0.25, -0.2) is 0 Å². The molecule has 0 bridgehead atoms. The van der Waals surface area contributed by atoms with Gasteiger partial charge in [0.1, 0.15) is 0 Å². The molecular formula is B4Mg3O12Zn3. The molecule has 0 aliphatic carbocycles. The van der Waals surface area contributed by atoms with E-state index in [4.69, 9.17) is 60.3 Å². The fraction of sp³-hybridized carbons (Fsp3) is 0. The average molecular weight is 504 g/mol. The zero-order valence-electron chi connectivity index (χ0n) is 11.5. The Balaban J connectivity index is -0.00000001000. The largest absolute Gasteiger partial charge is 2.00 e. The van der Waals surface area contributed by atoms with E-state index in [2.05, 4.69) is 0 Å². The standard InChI is InChI=1S/4BO3.3Mg.3Zn/c4*2-1(3)4;;;;;;/q4*-3;6*+2. The molecule has 0 amide bonds. The van der Waals surface area contributed by atoms with E-state index in [9.17, 15) is 0 Å². The van der Waals surface area contributed by atoms with Gasteiger partial charge in [-0.05, 0) is 0 Å². The first-order valence-corrected chi connectivity index (χ1v) is 2.83. The zero-order valence-corrected chi connectivity index (χ0v) is 24.6. The molecule has 0 aromatic carbocycles. The monoisotopic (exact) mass is 500 g/mol. The maximum atomic E-state index is 8.42. The van der Waals surface area contributed by atoms with E-state index in [1.165, 1.54) is 0 Å². The van der Waals surface area contributed by atoms with E-state index in [1.54, 1.807) is 0 Å². The Morgan fingerprint density at radius 1 is 0.273 bits per heavy atom. The molecule has 22 heteroatoms. The third-order valence-electron chi connectivity index (χ3n) is 0. The van der Waals surface area contributed by atoms with Gasteiger partial charge in [-0.1, -0.05) is 0 Å². The second kappa shape index (κ2) is 56.3. The maximum Gasteiger partial charge on any atom is 2.00 e. The Kier molecular flexibility index (Phi) is 162. The minimum atomic E-state index is -2.92. The zero-order chi connectivity index (χ0) is 14.3. The van der Waals surface area contributed by atoms with Crippen LogP contribution in [-0.2, 0) is 58.4 Å². The van der Waals surface area contributed by atoms with Crippen LogP contribution in [0.3, 0.4) is 0 Å². The molecule has 0 rings (SSSR count). The van der Waals surface area contributed by atoms with Gasteiger partial charge in [0.05, 0.1) is 0 Å². The van der Waals surface area contributed by atoms with E-state index < -0.39 is 29.3 Å². The molecule has 0 saturated carbocycles. The SMILES string of the molecule is [Mg+2].[Mg+2].[Mg+2].[O-]B([O-])[O-].[O-]B([O-])[O-].[O-]B([O-])[O-].[O-]B([O-])[O-].[Zn+2].[Zn+2].[Zn+2]. The Bertz CT molecular complexity index is 80.6. The van der Waals surface area contributed by atoms with Crippen molar-refractivity contribution >= 4 is 98.4 Å². The molecule has 0 aliphatic rings. The van der Waals surface area contributed by atoms with Crippen molar-refractivity contribution in [1.29, 1.82) is 0 Å². The van der Waals surface area contributed by atoms with E-state index in [-0.39, 0.29) is 128 Å². The molecule has 0 atom stereocenters. The Morgan fingerprint density at radius 3 is 0.273 bits per heavy atom. The Labute approximate surface area is 214 Å². The van der Waals surface area contributed by atoms with Crippen molar-refractivity contribution in [2.75, 3.05) is 0 Å². The summed E-state index contributed by atoms with van der Waals surface area (Å²) < 4.78 is 0. The minimum Gasteiger partial charge on any atom is -0.907 e. The fourth-order valence-corrected chi connectivity index (χ4v) is 0. The molecule has 0 aromatic rings. The van der Waals surface area contributed by atoms with Gasteiger partial charge in [0, 0.05) is 0 Å². The maximum absolute atomic E-state index is 8.42. The molecule has 0 radical (unpaired) electrons. The van der Waals surface area contributed by atoms with Crippen molar-refractivity contribution in [1.82, 2.24) is 0 Å². The Hall–Kier alpha value is 3.95. The molecule has 0 fully saturated rings. The first-order valence-electron chi connectivity index (χ1n) is 2.83. The van der Waals surface area contributed by atoms with Crippen LogP contribution in [0, 0.1) is 0 Å². The summed E-state index contributed by atoms with van der Waals surface area (Å²) in [6, 6.07) is 0. The molecule has 0 aliphatic heterocycles. The summed E-state index contributed by atoms with van der Waals surface area (Å²) in [4.78, 5) is 0. The van der Waals surface area contributed by atoms with Crippen LogP contribution in [0.15, 0.2) is 0 Å². The van der Waals surface area contributed by atoms with Crippen molar-refractivity contribution < 1.29 is 119 Å². The van der Waals surface area contributed by atoms with Gasteiger partial charge in [-0.2, -0.15) is 0 Å². The number of hydrogen-bond donors (Lipinski definition) is 0. The summed E-state index contributed by atoms with van der Waals surface area (Å²) >= 11 is 0. The summed E-state index contributed by atoms with van der Waals surface area (Å²) in [5.41, 5.74) is 0. The number of rotatable bonds is 0. The fourth-order valence-electron chi connectivity index (χ4n) is 0. The van der Waals surface area contributed by atoms with E-state index in [0.29, 0.717) is 0 Å². The minimum absolute atomic E-state index is 0. The van der Waals surface area contributed by atoms with Crippen molar-refractivity contribution in [3.05, 3.63) is 0 Å². The summed E-state index contributed by atoms with van der Waals surface area (Å²) in [7, 11) is -11.7. The van der Waals surface area contributed by atoms with E-state index >= 15 is 0 Å². The van der Waals surface area contributed by atoms with E-state index in [0.717, 1.165) is 0 Å². The summed E-state index contributed by atoms with van der Waals surface area (Å²) in [6.07, 6.45) is 0. The van der Waals surface area contributed by atoms with Crippen molar-refractivity contribution in [3.8, 4) is 0 Å². The topological polar surface area (TPSA) is 277 Å². The molecule has 96 valence electrons. The van der Waals surface area contributed by atoms with Crippen LogP contribution in [0.2, 0.25) is 0 Å². The van der Waals surface area contributed by atoms with E-state index in [1.807, 2.05) is 0 Å². The quantitative estimate of drug-likeness (QED) is 0.278. The van der Waals surface area contributed by atoms with Crippen LogP contribution in [-0.4, -0.2) is 98.4 Å². The first-order chi connectivity index (χ1) is 6.93. The van der Waals surface area contributed by atoms with Gasteiger partial charge in [-0.15, -0.1) is 0 Å². The number of hydrogen-bond acceptors (Lipinski definition) is 12. The summed E-state index contributed by atoms with van der Waals surface area (Å²) in [5.74, 6) is 0. The van der Waals surface area contributed by atoms with Crippen molar-refractivity contribution in [3.63, 3.8) is 0 Å². The smallest absolute Gasteiger partial charge is 0.907 e. The molecule has 0 heterocycles. The molecule has 12 nitrogen and oxygen atoms in total. The molecule has 0 unspecified atom stereocenters. The van der Waals surface area contributed by atoms with Gasteiger partial charge in [0.2, 0.25) is 0 Å². The second-order valence-corrected chi connectivity index (χ2v) is 1.15. The van der Waals surface area contributed by atoms with Gasteiger partial charge >= 0.3 is 128 Å². The first kappa shape index (κ1) is 63.5. The van der Waals surface area contributed by atoms with Gasteiger partial charge < -0.3 is 60.3 Å². The van der Waals surface area contributed by atoms with Crippen LogP contribution >= 0.6 is 0 Å². The van der Waals surface area contributed by atoms with Crippen LogP contribution in [0.4, 0.5) is 0 Å². The Morgan fingerprint density at radius 2 is 0.273 bits per heavy atom. The molecule has 0 N–H and O–H groups in total. The molecule has 0 spiro atoms. The van der Waals surface area contributed by atoms with Gasteiger partial charge in [-0.3, -0.25) is 29.3 Å². The van der Waals surface area contributed by atoms with Crippen LogP contribution in [0.1, 0.15) is 0 Å².